The van der Waals surface area contributed by atoms with E-state index >= 15 is 0 Å². The summed E-state index contributed by atoms with van der Waals surface area (Å²) in [6.07, 6.45) is 0. The van der Waals surface area contributed by atoms with Crippen LogP contribution in [0.5, 0.6) is 0 Å². The molecule has 1 nitrogen and oxygen atoms in total. The maximum Gasteiger partial charge on any atom is 0.152 e. The van der Waals surface area contributed by atoms with Gasteiger partial charge in [0.15, 0.2) is 5.78 Å². The highest BCUT2D eigenvalue weighted by atomic mass is 127. The van der Waals surface area contributed by atoms with Crippen LogP contribution in [-0.4, -0.2) is 5.78 Å². The first-order valence-corrected chi connectivity index (χ1v) is 5.92. The summed E-state index contributed by atoms with van der Waals surface area (Å²) in [4.78, 5) is 11.1. The van der Waals surface area contributed by atoms with Gasteiger partial charge in [-0.3, -0.25) is 4.79 Å². The minimum atomic E-state index is -0.538. The maximum absolute atomic E-state index is 11.1. The highest BCUT2D eigenvalue weighted by molar-refractivity contribution is 14.1. The van der Waals surface area contributed by atoms with Gasteiger partial charge >= 0.3 is 0 Å². The van der Waals surface area contributed by atoms with Gasteiger partial charge in [0.1, 0.15) is 5.38 Å². The average molecular weight is 373 g/mol. The molecule has 0 fully saturated rings. The van der Waals surface area contributed by atoms with Crippen molar-refractivity contribution in [2.45, 2.75) is 12.3 Å². The SMILES string of the molecule is CC(=O)C(Cl)c1cc(Br)ccc1I. The molecular formula is C9H7BrClIO. The molecule has 0 saturated carbocycles. The van der Waals surface area contributed by atoms with Crippen LogP contribution in [0.15, 0.2) is 22.7 Å². The molecule has 13 heavy (non-hydrogen) atoms. The Labute approximate surface area is 104 Å². The van der Waals surface area contributed by atoms with Gasteiger partial charge in [0.05, 0.1) is 0 Å². The van der Waals surface area contributed by atoms with E-state index in [1.807, 2.05) is 18.2 Å². The van der Waals surface area contributed by atoms with E-state index in [-0.39, 0.29) is 5.78 Å². The molecule has 0 heterocycles. The Bertz CT molecular complexity index is 340. The van der Waals surface area contributed by atoms with Gasteiger partial charge in [0, 0.05) is 8.04 Å². The van der Waals surface area contributed by atoms with Gasteiger partial charge in [-0.15, -0.1) is 11.6 Å². The second-order valence-electron chi connectivity index (χ2n) is 2.64. The Morgan fingerprint density at radius 3 is 2.77 bits per heavy atom. The fraction of sp³-hybridized carbons (Fsp3) is 0.222. The van der Waals surface area contributed by atoms with Crippen LogP contribution in [0.4, 0.5) is 0 Å². The third kappa shape index (κ3) is 2.92. The summed E-state index contributed by atoms with van der Waals surface area (Å²) < 4.78 is 1.95. The van der Waals surface area contributed by atoms with Crippen molar-refractivity contribution in [1.29, 1.82) is 0 Å². The Kier molecular flexibility index (Phi) is 4.19. The van der Waals surface area contributed by atoms with E-state index in [2.05, 4.69) is 38.5 Å². The monoisotopic (exact) mass is 372 g/mol. The number of hydrogen-bond acceptors (Lipinski definition) is 1. The number of hydrogen-bond donors (Lipinski definition) is 0. The van der Waals surface area contributed by atoms with E-state index in [0.29, 0.717) is 0 Å². The predicted octanol–water partition coefficient (Wildman–Crippen LogP) is 3.92. The van der Waals surface area contributed by atoms with Gasteiger partial charge in [-0.05, 0) is 53.3 Å². The topological polar surface area (TPSA) is 17.1 Å². The van der Waals surface area contributed by atoms with Crippen molar-refractivity contribution >= 4 is 55.9 Å². The third-order valence-corrected chi connectivity index (χ3v) is 3.61. The maximum atomic E-state index is 11.1. The quantitative estimate of drug-likeness (QED) is 0.567. The van der Waals surface area contributed by atoms with Gasteiger partial charge in [0.2, 0.25) is 0 Å². The second kappa shape index (κ2) is 4.75. The van der Waals surface area contributed by atoms with Crippen molar-refractivity contribution in [1.82, 2.24) is 0 Å². The Balaban J connectivity index is 3.12. The summed E-state index contributed by atoms with van der Waals surface area (Å²) in [5, 5.41) is -0.538. The lowest BCUT2D eigenvalue weighted by Crippen LogP contribution is -2.03. The van der Waals surface area contributed by atoms with E-state index in [0.717, 1.165) is 13.6 Å². The van der Waals surface area contributed by atoms with Crippen LogP contribution >= 0.6 is 50.1 Å². The minimum Gasteiger partial charge on any atom is -0.298 e. The van der Waals surface area contributed by atoms with Gasteiger partial charge in [0.25, 0.3) is 0 Å². The number of ketones is 1. The van der Waals surface area contributed by atoms with E-state index < -0.39 is 5.38 Å². The van der Waals surface area contributed by atoms with Crippen molar-refractivity contribution < 1.29 is 4.79 Å². The third-order valence-electron chi connectivity index (χ3n) is 1.59. The van der Waals surface area contributed by atoms with Crippen molar-refractivity contribution in [3.8, 4) is 0 Å². The minimum absolute atomic E-state index is 0.0299. The zero-order chi connectivity index (χ0) is 10.0. The molecule has 1 atom stereocenters. The van der Waals surface area contributed by atoms with Gasteiger partial charge in [-0.2, -0.15) is 0 Å². The fourth-order valence-corrected chi connectivity index (χ4v) is 2.32. The summed E-state index contributed by atoms with van der Waals surface area (Å²) in [5.41, 5.74) is 0.865. The summed E-state index contributed by atoms with van der Waals surface area (Å²) in [5.74, 6) is -0.0299. The number of rotatable bonds is 2. The molecule has 1 rings (SSSR count). The Hall–Kier alpha value is 0.390. The normalized spacial score (nSPS) is 12.6. The molecule has 4 heteroatoms. The average Bonchev–Trinajstić information content (AvgIpc) is 2.08. The number of alkyl halides is 1. The van der Waals surface area contributed by atoms with Crippen molar-refractivity contribution in [3.05, 3.63) is 31.8 Å². The predicted molar refractivity (Wildman–Crippen MR) is 66.1 cm³/mol. The number of halogens is 3. The first-order chi connectivity index (χ1) is 6.02. The van der Waals surface area contributed by atoms with Crippen LogP contribution in [0.2, 0.25) is 0 Å². The second-order valence-corrected chi connectivity index (χ2v) is 5.15. The lowest BCUT2D eigenvalue weighted by atomic mass is 10.1. The van der Waals surface area contributed by atoms with Crippen LogP contribution in [-0.2, 0) is 4.79 Å². The van der Waals surface area contributed by atoms with Crippen molar-refractivity contribution in [2.75, 3.05) is 0 Å². The first-order valence-electron chi connectivity index (χ1n) is 3.62. The van der Waals surface area contributed by atoms with Crippen LogP contribution in [0, 0.1) is 3.57 Å². The highest BCUT2D eigenvalue weighted by Crippen LogP contribution is 2.28. The number of carbonyl (C=O) groups is 1. The molecule has 70 valence electrons. The molecule has 0 aromatic heterocycles. The summed E-state index contributed by atoms with van der Waals surface area (Å²) in [6.45, 7) is 1.49. The molecule has 0 N–H and O–H groups in total. The fourth-order valence-electron chi connectivity index (χ4n) is 0.928. The van der Waals surface area contributed by atoms with Crippen LogP contribution in [0.25, 0.3) is 0 Å². The van der Waals surface area contributed by atoms with Crippen molar-refractivity contribution in [3.63, 3.8) is 0 Å². The van der Waals surface area contributed by atoms with E-state index in [1.54, 1.807) is 0 Å². The number of Topliss-reactive ketones (excluding diaryl/α,β-unsaturated/α-hetero) is 1. The lowest BCUT2D eigenvalue weighted by molar-refractivity contribution is -0.116. The number of carbonyl (C=O) groups excluding carboxylic acids is 1. The molecule has 0 spiro atoms. The lowest BCUT2D eigenvalue weighted by Gasteiger charge is -2.08. The highest BCUT2D eigenvalue weighted by Gasteiger charge is 2.15. The summed E-state index contributed by atoms with van der Waals surface area (Å²) in [7, 11) is 0. The number of benzene rings is 1. The molecule has 0 saturated heterocycles. The Morgan fingerprint density at radius 2 is 2.23 bits per heavy atom. The van der Waals surface area contributed by atoms with Gasteiger partial charge in [-0.25, -0.2) is 0 Å². The molecule has 1 aromatic carbocycles. The van der Waals surface area contributed by atoms with E-state index in [9.17, 15) is 4.79 Å². The molecule has 0 bridgehead atoms. The van der Waals surface area contributed by atoms with E-state index in [4.69, 9.17) is 11.6 Å². The standard InChI is InChI=1S/C9H7BrClIO/c1-5(13)9(11)7-4-6(10)2-3-8(7)12/h2-4,9H,1H3. The molecule has 1 aromatic rings. The molecule has 1 unspecified atom stereocenters. The first kappa shape index (κ1) is 11.5. The molecule has 0 aliphatic carbocycles. The molecule has 0 aliphatic heterocycles. The molecule has 0 amide bonds. The van der Waals surface area contributed by atoms with E-state index in [1.165, 1.54) is 6.92 Å². The van der Waals surface area contributed by atoms with Gasteiger partial charge < -0.3 is 0 Å². The summed E-state index contributed by atoms with van der Waals surface area (Å²) >= 11 is 11.5. The zero-order valence-electron chi connectivity index (χ0n) is 6.85. The van der Waals surface area contributed by atoms with Crippen LogP contribution in [0.1, 0.15) is 17.9 Å². The summed E-state index contributed by atoms with van der Waals surface area (Å²) in [6, 6.07) is 5.73. The van der Waals surface area contributed by atoms with Crippen molar-refractivity contribution in [2.24, 2.45) is 0 Å². The Morgan fingerprint density at radius 1 is 1.62 bits per heavy atom. The van der Waals surface area contributed by atoms with Crippen LogP contribution in [0.3, 0.4) is 0 Å². The molecule has 0 radical (unpaired) electrons. The smallest absolute Gasteiger partial charge is 0.152 e. The zero-order valence-corrected chi connectivity index (χ0v) is 11.4. The largest absolute Gasteiger partial charge is 0.298 e. The molecular weight excluding hydrogens is 366 g/mol. The molecule has 0 aliphatic rings. The van der Waals surface area contributed by atoms with Crippen LogP contribution < -0.4 is 0 Å². The van der Waals surface area contributed by atoms with Gasteiger partial charge in [-0.1, -0.05) is 15.9 Å².